The predicted molar refractivity (Wildman–Crippen MR) is 63.9 cm³/mol. The van der Waals surface area contributed by atoms with Crippen LogP contribution in [0.1, 0.15) is 65.2 Å². The summed E-state index contributed by atoms with van der Waals surface area (Å²) in [5.74, 6) is 0.778. The van der Waals surface area contributed by atoms with E-state index in [4.69, 9.17) is 5.11 Å². The fraction of sp³-hybridized carbons (Fsp3) is 0.923. The van der Waals surface area contributed by atoms with Gasteiger partial charge in [-0.25, -0.2) is 0 Å². The first-order valence-electron chi connectivity index (χ1n) is 6.37. The summed E-state index contributed by atoms with van der Waals surface area (Å²) in [6.45, 7) is 4.47. The highest BCUT2D eigenvalue weighted by Gasteiger charge is 2.11. The molecule has 2 heteroatoms. The Morgan fingerprint density at radius 3 is 2.47 bits per heavy atom. The maximum atomic E-state index is 11.6. The molecule has 0 spiro atoms. The second-order valence-corrected chi connectivity index (χ2v) is 4.34. The molecule has 1 atom stereocenters. The van der Waals surface area contributed by atoms with Crippen LogP contribution in [0.25, 0.3) is 0 Å². The number of carbonyl (C=O) groups is 1. The quantitative estimate of drug-likeness (QED) is 0.566. The van der Waals surface area contributed by atoms with E-state index in [0.717, 1.165) is 25.7 Å². The zero-order chi connectivity index (χ0) is 11.5. The molecule has 0 amide bonds. The Balaban J connectivity index is 3.52. The van der Waals surface area contributed by atoms with E-state index >= 15 is 0 Å². The Labute approximate surface area is 94.1 Å². The molecule has 0 rings (SSSR count). The highest BCUT2D eigenvalue weighted by molar-refractivity contribution is 5.78. The number of ketones is 1. The number of Topliss-reactive ketones (excluding diaryl/α,β-unsaturated/α-hetero) is 1. The summed E-state index contributed by atoms with van der Waals surface area (Å²) in [4.78, 5) is 11.6. The summed E-state index contributed by atoms with van der Waals surface area (Å²) >= 11 is 0. The molecule has 0 aliphatic heterocycles. The van der Waals surface area contributed by atoms with Crippen molar-refractivity contribution in [2.75, 3.05) is 6.61 Å². The molecule has 15 heavy (non-hydrogen) atoms. The molecule has 0 aliphatic rings. The first-order valence-corrected chi connectivity index (χ1v) is 6.37. The van der Waals surface area contributed by atoms with E-state index in [2.05, 4.69) is 13.8 Å². The molecule has 0 aromatic carbocycles. The lowest BCUT2D eigenvalue weighted by Gasteiger charge is -2.11. The average molecular weight is 214 g/mol. The van der Waals surface area contributed by atoms with Crippen molar-refractivity contribution >= 4 is 5.78 Å². The molecule has 0 saturated heterocycles. The average Bonchev–Trinajstić information content (AvgIpc) is 2.24. The summed E-state index contributed by atoms with van der Waals surface area (Å²) in [5.41, 5.74) is 0. The SMILES string of the molecule is CCCCCCC(=O)CC(CC)CCO. The molecule has 0 aromatic rings. The minimum atomic E-state index is 0.210. The van der Waals surface area contributed by atoms with E-state index in [1.165, 1.54) is 19.3 Å². The van der Waals surface area contributed by atoms with Gasteiger partial charge in [0.15, 0.2) is 0 Å². The summed E-state index contributed by atoms with van der Waals surface area (Å²) in [5, 5.41) is 8.82. The van der Waals surface area contributed by atoms with Gasteiger partial charge in [-0.15, -0.1) is 0 Å². The van der Waals surface area contributed by atoms with Crippen molar-refractivity contribution in [3.8, 4) is 0 Å². The van der Waals surface area contributed by atoms with E-state index in [1.807, 2.05) is 0 Å². The highest BCUT2D eigenvalue weighted by atomic mass is 16.3. The minimum absolute atomic E-state index is 0.210. The third-order valence-electron chi connectivity index (χ3n) is 2.94. The number of hydrogen-bond donors (Lipinski definition) is 1. The normalized spacial score (nSPS) is 12.7. The van der Waals surface area contributed by atoms with Crippen molar-refractivity contribution in [2.24, 2.45) is 5.92 Å². The van der Waals surface area contributed by atoms with Gasteiger partial charge in [0, 0.05) is 19.4 Å². The van der Waals surface area contributed by atoms with Gasteiger partial charge in [-0.2, -0.15) is 0 Å². The molecular formula is C13H26O2. The lowest BCUT2D eigenvalue weighted by molar-refractivity contribution is -0.120. The van der Waals surface area contributed by atoms with Gasteiger partial charge < -0.3 is 5.11 Å². The zero-order valence-corrected chi connectivity index (χ0v) is 10.3. The Morgan fingerprint density at radius 2 is 1.93 bits per heavy atom. The van der Waals surface area contributed by atoms with Gasteiger partial charge in [-0.1, -0.05) is 39.5 Å². The monoisotopic (exact) mass is 214 g/mol. The third-order valence-corrected chi connectivity index (χ3v) is 2.94. The van der Waals surface area contributed by atoms with Gasteiger partial charge in [0.25, 0.3) is 0 Å². The van der Waals surface area contributed by atoms with Gasteiger partial charge in [0.2, 0.25) is 0 Å². The van der Waals surface area contributed by atoms with Crippen LogP contribution in [0, 0.1) is 5.92 Å². The summed E-state index contributed by atoms with van der Waals surface area (Å²) in [6, 6.07) is 0. The topological polar surface area (TPSA) is 37.3 Å². The Kier molecular flexibility index (Phi) is 9.91. The molecule has 0 aliphatic carbocycles. The Bertz CT molecular complexity index is 155. The van der Waals surface area contributed by atoms with E-state index in [-0.39, 0.29) is 6.61 Å². The summed E-state index contributed by atoms with van der Waals surface area (Å²) < 4.78 is 0. The molecule has 0 saturated carbocycles. The van der Waals surface area contributed by atoms with Crippen LogP contribution in [0.5, 0.6) is 0 Å². The van der Waals surface area contributed by atoms with Crippen molar-refractivity contribution in [3.05, 3.63) is 0 Å². The van der Waals surface area contributed by atoms with Crippen molar-refractivity contribution in [2.45, 2.75) is 65.2 Å². The molecule has 1 N–H and O–H groups in total. The molecule has 0 bridgehead atoms. The third kappa shape index (κ3) is 8.61. The second-order valence-electron chi connectivity index (χ2n) is 4.34. The van der Waals surface area contributed by atoms with Gasteiger partial charge >= 0.3 is 0 Å². The van der Waals surface area contributed by atoms with E-state index in [1.54, 1.807) is 0 Å². The van der Waals surface area contributed by atoms with E-state index < -0.39 is 0 Å². The number of hydrogen-bond acceptors (Lipinski definition) is 2. The van der Waals surface area contributed by atoms with Crippen LogP contribution in [0.2, 0.25) is 0 Å². The van der Waals surface area contributed by atoms with Crippen molar-refractivity contribution in [1.29, 1.82) is 0 Å². The summed E-state index contributed by atoms with van der Waals surface area (Å²) in [7, 11) is 0. The first kappa shape index (κ1) is 14.6. The number of aliphatic hydroxyl groups is 1. The predicted octanol–water partition coefficient (Wildman–Crippen LogP) is 3.32. The largest absolute Gasteiger partial charge is 0.396 e. The van der Waals surface area contributed by atoms with Gasteiger partial charge in [0.1, 0.15) is 5.78 Å². The van der Waals surface area contributed by atoms with Gasteiger partial charge in [-0.05, 0) is 18.8 Å². The van der Waals surface area contributed by atoms with Gasteiger partial charge in [-0.3, -0.25) is 4.79 Å². The van der Waals surface area contributed by atoms with Crippen molar-refractivity contribution in [3.63, 3.8) is 0 Å². The first-order chi connectivity index (χ1) is 7.24. The highest BCUT2D eigenvalue weighted by Crippen LogP contribution is 2.15. The van der Waals surface area contributed by atoms with Crippen LogP contribution in [0.3, 0.4) is 0 Å². The number of unbranched alkanes of at least 4 members (excludes halogenated alkanes) is 3. The van der Waals surface area contributed by atoms with Crippen LogP contribution in [0.4, 0.5) is 0 Å². The molecular weight excluding hydrogens is 188 g/mol. The minimum Gasteiger partial charge on any atom is -0.396 e. The van der Waals surface area contributed by atoms with Crippen molar-refractivity contribution in [1.82, 2.24) is 0 Å². The van der Waals surface area contributed by atoms with Crippen LogP contribution in [-0.2, 0) is 4.79 Å². The Morgan fingerprint density at radius 1 is 1.20 bits per heavy atom. The maximum absolute atomic E-state index is 11.6. The van der Waals surface area contributed by atoms with Crippen molar-refractivity contribution < 1.29 is 9.90 Å². The van der Waals surface area contributed by atoms with E-state index in [0.29, 0.717) is 18.1 Å². The molecule has 0 fully saturated rings. The molecule has 2 nitrogen and oxygen atoms in total. The van der Waals surface area contributed by atoms with Crippen LogP contribution >= 0.6 is 0 Å². The lowest BCUT2D eigenvalue weighted by atomic mass is 9.94. The number of aliphatic hydroxyl groups excluding tert-OH is 1. The molecule has 0 heterocycles. The zero-order valence-electron chi connectivity index (χ0n) is 10.3. The molecule has 90 valence electrons. The van der Waals surface area contributed by atoms with E-state index in [9.17, 15) is 4.79 Å². The number of carbonyl (C=O) groups excluding carboxylic acids is 1. The van der Waals surface area contributed by atoms with Gasteiger partial charge in [0.05, 0.1) is 0 Å². The van der Waals surface area contributed by atoms with Crippen LogP contribution in [0.15, 0.2) is 0 Å². The summed E-state index contributed by atoms with van der Waals surface area (Å²) in [6.07, 6.45) is 7.86. The molecule has 1 unspecified atom stereocenters. The standard InChI is InChI=1S/C13H26O2/c1-3-5-6-7-8-13(15)11-12(4-2)9-10-14/h12,14H,3-11H2,1-2H3. The fourth-order valence-electron chi connectivity index (χ4n) is 1.81. The lowest BCUT2D eigenvalue weighted by Crippen LogP contribution is -2.09. The Hall–Kier alpha value is -0.370. The second kappa shape index (κ2) is 10.2. The number of rotatable bonds is 10. The smallest absolute Gasteiger partial charge is 0.133 e. The molecule has 0 radical (unpaired) electrons. The molecule has 0 aromatic heterocycles. The van der Waals surface area contributed by atoms with Crippen LogP contribution in [-0.4, -0.2) is 17.5 Å². The maximum Gasteiger partial charge on any atom is 0.133 e. The van der Waals surface area contributed by atoms with Crippen LogP contribution < -0.4 is 0 Å². The fourth-order valence-corrected chi connectivity index (χ4v) is 1.81.